The van der Waals surface area contributed by atoms with E-state index in [1.54, 1.807) is 0 Å². The number of guanidine groups is 1. The molecule has 8 heteroatoms. The number of aromatic nitrogens is 2. The van der Waals surface area contributed by atoms with E-state index >= 15 is 0 Å². The summed E-state index contributed by atoms with van der Waals surface area (Å²) in [7, 11) is 1.96. The Kier molecular flexibility index (Phi) is 9.08. The van der Waals surface area contributed by atoms with E-state index in [9.17, 15) is 0 Å². The van der Waals surface area contributed by atoms with Crippen molar-refractivity contribution in [3.63, 3.8) is 0 Å². The summed E-state index contributed by atoms with van der Waals surface area (Å²) in [4.78, 5) is 7.16. The van der Waals surface area contributed by atoms with E-state index in [2.05, 4.69) is 33.8 Å². The molecular weight excluding hydrogens is 368 g/mol. The van der Waals surface area contributed by atoms with Crippen LogP contribution in [0.15, 0.2) is 17.4 Å². The molecule has 0 amide bonds. The fourth-order valence-corrected chi connectivity index (χ4v) is 3.93. The Balaban J connectivity index is 1.37. The Hall–Kier alpha value is -1.80. The summed E-state index contributed by atoms with van der Waals surface area (Å²) in [5.74, 6) is 1.58. The Morgan fingerprint density at radius 1 is 1.34 bits per heavy atom. The molecule has 164 valence electrons. The van der Waals surface area contributed by atoms with Crippen molar-refractivity contribution in [1.29, 1.82) is 0 Å². The van der Waals surface area contributed by atoms with Crippen molar-refractivity contribution in [2.45, 2.75) is 45.1 Å². The first-order valence-electron chi connectivity index (χ1n) is 11.2. The van der Waals surface area contributed by atoms with Crippen LogP contribution in [0.5, 0.6) is 0 Å². The van der Waals surface area contributed by atoms with Crippen LogP contribution >= 0.6 is 0 Å². The second kappa shape index (κ2) is 12.0. The molecule has 0 radical (unpaired) electrons. The van der Waals surface area contributed by atoms with Crippen LogP contribution in [0.25, 0.3) is 0 Å². The lowest BCUT2D eigenvalue weighted by atomic mass is 10.0. The summed E-state index contributed by atoms with van der Waals surface area (Å²) in [6.07, 6.45) is 9.58. The predicted octanol–water partition coefficient (Wildman–Crippen LogP) is 1.78. The van der Waals surface area contributed by atoms with Crippen LogP contribution in [0.1, 0.15) is 39.0 Å². The summed E-state index contributed by atoms with van der Waals surface area (Å²) in [5, 5.41) is 11.3. The third-order valence-electron chi connectivity index (χ3n) is 5.57. The number of hydrogen-bond donors (Lipinski definition) is 2. The second-order valence-corrected chi connectivity index (χ2v) is 8.05. The molecular formula is C21H38N6O2. The van der Waals surface area contributed by atoms with E-state index in [4.69, 9.17) is 14.5 Å². The average molecular weight is 407 g/mol. The van der Waals surface area contributed by atoms with Gasteiger partial charge in [-0.25, -0.2) is 0 Å². The first kappa shape index (κ1) is 21.9. The van der Waals surface area contributed by atoms with E-state index in [-0.39, 0.29) is 0 Å². The quantitative estimate of drug-likeness (QED) is 0.370. The lowest BCUT2D eigenvalue weighted by Gasteiger charge is -2.34. The molecule has 2 aliphatic rings. The lowest BCUT2D eigenvalue weighted by molar-refractivity contribution is 0.0205. The first-order chi connectivity index (χ1) is 14.2. The number of hydrogen-bond acceptors (Lipinski definition) is 5. The molecule has 1 atom stereocenters. The Bertz CT molecular complexity index is 614. The van der Waals surface area contributed by atoms with Crippen LogP contribution in [-0.2, 0) is 16.5 Å². The van der Waals surface area contributed by atoms with Crippen molar-refractivity contribution in [3.05, 3.63) is 12.4 Å². The minimum absolute atomic E-state index is 0.395. The highest BCUT2D eigenvalue weighted by Crippen LogP contribution is 2.19. The maximum atomic E-state index is 5.85. The van der Waals surface area contributed by atoms with Gasteiger partial charge in [0, 0.05) is 71.9 Å². The summed E-state index contributed by atoms with van der Waals surface area (Å²) in [6.45, 7) is 9.22. The number of aryl methyl sites for hydroxylation is 1. The molecule has 0 aromatic carbocycles. The van der Waals surface area contributed by atoms with E-state index in [1.807, 2.05) is 17.9 Å². The molecule has 2 saturated heterocycles. The molecule has 0 saturated carbocycles. The molecule has 1 aromatic heterocycles. The van der Waals surface area contributed by atoms with Gasteiger partial charge in [-0.2, -0.15) is 5.10 Å². The zero-order chi connectivity index (χ0) is 20.3. The molecule has 3 heterocycles. The molecule has 0 aliphatic carbocycles. The largest absolute Gasteiger partial charge is 0.381 e. The Morgan fingerprint density at radius 3 is 2.97 bits per heavy atom. The minimum atomic E-state index is 0.395. The topological polar surface area (TPSA) is 75.9 Å². The number of rotatable bonds is 9. The van der Waals surface area contributed by atoms with Gasteiger partial charge in [0.05, 0.1) is 11.9 Å². The summed E-state index contributed by atoms with van der Waals surface area (Å²) in [6, 6.07) is 0.395. The first-order valence-corrected chi connectivity index (χ1v) is 11.2. The van der Waals surface area contributed by atoms with Crippen LogP contribution < -0.4 is 15.5 Å². The maximum absolute atomic E-state index is 5.85. The number of ether oxygens (including phenoxy) is 2. The molecule has 0 bridgehead atoms. The van der Waals surface area contributed by atoms with Gasteiger partial charge in [-0.1, -0.05) is 0 Å². The molecule has 1 unspecified atom stereocenters. The molecule has 0 spiro atoms. The molecule has 29 heavy (non-hydrogen) atoms. The zero-order valence-corrected chi connectivity index (χ0v) is 18.1. The highest BCUT2D eigenvalue weighted by molar-refractivity contribution is 5.80. The molecule has 2 fully saturated rings. The second-order valence-electron chi connectivity index (χ2n) is 8.05. The van der Waals surface area contributed by atoms with Crippen molar-refractivity contribution in [2.24, 2.45) is 18.0 Å². The fraction of sp³-hybridized carbons (Fsp3) is 0.810. The van der Waals surface area contributed by atoms with E-state index in [1.165, 1.54) is 12.1 Å². The van der Waals surface area contributed by atoms with Gasteiger partial charge < -0.3 is 25.0 Å². The standard InChI is InChI=1S/C21H38N6O2/c1-3-22-21(23-9-5-11-29-17-18-7-12-28-13-8-18)25-19-6-4-10-27(15-19)20-14-24-26(2)16-20/h14,16,18-19H,3-13,15,17H2,1-2H3,(H2,22,23,25). The van der Waals surface area contributed by atoms with Crippen LogP contribution in [0, 0.1) is 5.92 Å². The maximum Gasteiger partial charge on any atom is 0.191 e. The van der Waals surface area contributed by atoms with Gasteiger partial charge in [0.15, 0.2) is 5.96 Å². The average Bonchev–Trinajstić information content (AvgIpc) is 3.18. The molecule has 1 aromatic rings. The van der Waals surface area contributed by atoms with Crippen molar-refractivity contribution in [1.82, 2.24) is 20.4 Å². The van der Waals surface area contributed by atoms with E-state index in [0.29, 0.717) is 12.0 Å². The SMILES string of the molecule is CCNC(=NCCCOCC1CCOCC1)NC1CCCN(c2cnn(C)c2)C1. The predicted molar refractivity (Wildman–Crippen MR) is 117 cm³/mol. The zero-order valence-electron chi connectivity index (χ0n) is 18.1. The summed E-state index contributed by atoms with van der Waals surface area (Å²) in [5.41, 5.74) is 1.20. The smallest absolute Gasteiger partial charge is 0.191 e. The molecule has 3 rings (SSSR count). The normalized spacial score (nSPS) is 21.4. The van der Waals surface area contributed by atoms with Crippen LogP contribution in [0.4, 0.5) is 5.69 Å². The highest BCUT2D eigenvalue weighted by Gasteiger charge is 2.21. The lowest BCUT2D eigenvalue weighted by Crippen LogP contribution is -2.51. The summed E-state index contributed by atoms with van der Waals surface area (Å²) < 4.78 is 13.1. The highest BCUT2D eigenvalue weighted by atomic mass is 16.5. The van der Waals surface area contributed by atoms with Crippen molar-refractivity contribution >= 4 is 11.6 Å². The minimum Gasteiger partial charge on any atom is -0.381 e. The van der Waals surface area contributed by atoms with Gasteiger partial charge in [-0.15, -0.1) is 0 Å². The monoisotopic (exact) mass is 406 g/mol. The van der Waals surface area contributed by atoms with E-state index < -0.39 is 0 Å². The Labute approximate surface area is 175 Å². The number of anilines is 1. The molecule has 2 N–H and O–H groups in total. The van der Waals surface area contributed by atoms with Gasteiger partial charge >= 0.3 is 0 Å². The van der Waals surface area contributed by atoms with Gasteiger partial charge in [0.1, 0.15) is 0 Å². The van der Waals surface area contributed by atoms with E-state index in [0.717, 1.165) is 84.2 Å². The van der Waals surface area contributed by atoms with Crippen molar-refractivity contribution in [3.8, 4) is 0 Å². The molecule has 8 nitrogen and oxygen atoms in total. The van der Waals surface area contributed by atoms with Crippen LogP contribution in [0.3, 0.4) is 0 Å². The third-order valence-corrected chi connectivity index (χ3v) is 5.57. The molecule has 2 aliphatic heterocycles. The number of piperidine rings is 1. The third kappa shape index (κ3) is 7.51. The van der Waals surface area contributed by atoms with Gasteiger partial charge in [-0.3, -0.25) is 9.67 Å². The van der Waals surface area contributed by atoms with Gasteiger partial charge in [-0.05, 0) is 44.9 Å². The number of nitrogens with one attached hydrogen (secondary N) is 2. The number of aliphatic imine (C=N–C) groups is 1. The van der Waals surface area contributed by atoms with Crippen molar-refractivity contribution < 1.29 is 9.47 Å². The van der Waals surface area contributed by atoms with Crippen LogP contribution in [0.2, 0.25) is 0 Å². The van der Waals surface area contributed by atoms with Gasteiger partial charge in [0.25, 0.3) is 0 Å². The fourth-order valence-electron chi connectivity index (χ4n) is 3.93. The summed E-state index contributed by atoms with van der Waals surface area (Å²) >= 11 is 0. The van der Waals surface area contributed by atoms with Crippen LogP contribution in [-0.4, -0.2) is 74.4 Å². The number of nitrogens with zero attached hydrogens (tertiary/aromatic N) is 4. The Morgan fingerprint density at radius 2 is 2.21 bits per heavy atom. The van der Waals surface area contributed by atoms with Crippen molar-refractivity contribution in [2.75, 3.05) is 57.5 Å². The van der Waals surface area contributed by atoms with Gasteiger partial charge in [0.2, 0.25) is 0 Å².